The lowest BCUT2D eigenvalue weighted by molar-refractivity contribution is 0.0692. The Morgan fingerprint density at radius 3 is 2.45 bits per heavy atom. The van der Waals surface area contributed by atoms with E-state index in [4.69, 9.17) is 21.1 Å². The van der Waals surface area contributed by atoms with Gasteiger partial charge in [0.15, 0.2) is 0 Å². The molecule has 0 radical (unpaired) electrons. The van der Waals surface area contributed by atoms with Gasteiger partial charge in [-0.3, -0.25) is 0 Å². The van der Waals surface area contributed by atoms with Crippen molar-refractivity contribution in [3.63, 3.8) is 0 Å². The fraction of sp³-hybridized carbons (Fsp3) is 0.269. The van der Waals surface area contributed by atoms with Crippen molar-refractivity contribution < 1.29 is 24.5 Å². The molecule has 174 valence electrons. The van der Waals surface area contributed by atoms with Crippen LogP contribution in [0.4, 0.5) is 0 Å². The van der Waals surface area contributed by atoms with Crippen LogP contribution in [0, 0.1) is 0 Å². The molecular weight excluding hydrogens is 442 g/mol. The molecule has 3 rings (SSSR count). The number of ether oxygens (including phenoxy) is 2. The molecule has 33 heavy (non-hydrogen) atoms. The SMILES string of the molecule is CCCOc1cc(-c2ccc(OCCNC[C@H](O)c3cccc(Cl)c3)cc2)ccc1C(=O)O. The maximum Gasteiger partial charge on any atom is 0.339 e. The summed E-state index contributed by atoms with van der Waals surface area (Å²) >= 11 is 5.96. The van der Waals surface area contributed by atoms with Crippen molar-refractivity contribution in [3.8, 4) is 22.6 Å². The molecule has 0 amide bonds. The van der Waals surface area contributed by atoms with Gasteiger partial charge in [-0.1, -0.05) is 48.9 Å². The molecule has 0 heterocycles. The van der Waals surface area contributed by atoms with Crippen LogP contribution in [0.5, 0.6) is 11.5 Å². The molecular formula is C26H28ClNO5. The van der Waals surface area contributed by atoms with E-state index < -0.39 is 12.1 Å². The average molecular weight is 470 g/mol. The maximum atomic E-state index is 11.4. The number of halogens is 1. The molecule has 0 saturated carbocycles. The van der Waals surface area contributed by atoms with E-state index in [1.807, 2.05) is 43.3 Å². The molecule has 0 spiro atoms. The van der Waals surface area contributed by atoms with E-state index in [2.05, 4.69) is 5.32 Å². The molecule has 0 unspecified atom stereocenters. The van der Waals surface area contributed by atoms with Gasteiger partial charge >= 0.3 is 5.97 Å². The summed E-state index contributed by atoms with van der Waals surface area (Å²) in [6.45, 7) is 3.86. The highest BCUT2D eigenvalue weighted by molar-refractivity contribution is 6.30. The van der Waals surface area contributed by atoms with E-state index in [0.29, 0.717) is 37.1 Å². The summed E-state index contributed by atoms with van der Waals surface area (Å²) in [7, 11) is 0. The molecule has 3 N–H and O–H groups in total. The molecule has 3 aromatic rings. The molecule has 0 bridgehead atoms. The molecule has 3 aromatic carbocycles. The van der Waals surface area contributed by atoms with Gasteiger partial charge in [-0.15, -0.1) is 0 Å². The normalized spacial score (nSPS) is 11.7. The van der Waals surface area contributed by atoms with E-state index in [1.54, 1.807) is 30.3 Å². The third-order valence-corrected chi connectivity index (χ3v) is 5.22. The van der Waals surface area contributed by atoms with Crippen molar-refractivity contribution in [1.82, 2.24) is 5.32 Å². The Bertz CT molecular complexity index is 1050. The van der Waals surface area contributed by atoms with Crippen molar-refractivity contribution in [2.75, 3.05) is 26.3 Å². The third kappa shape index (κ3) is 7.22. The van der Waals surface area contributed by atoms with Gasteiger partial charge in [0, 0.05) is 18.1 Å². The first-order valence-electron chi connectivity index (χ1n) is 10.9. The number of aromatic carboxylic acids is 1. The Morgan fingerprint density at radius 1 is 1.00 bits per heavy atom. The summed E-state index contributed by atoms with van der Waals surface area (Å²) in [6.07, 6.45) is 0.158. The van der Waals surface area contributed by atoms with Crippen LogP contribution >= 0.6 is 11.6 Å². The number of carbonyl (C=O) groups is 1. The number of aliphatic hydroxyl groups is 1. The second-order valence-electron chi connectivity index (χ2n) is 7.51. The summed E-state index contributed by atoms with van der Waals surface area (Å²) in [5.74, 6) is 0.0823. The van der Waals surface area contributed by atoms with Crippen molar-refractivity contribution >= 4 is 17.6 Å². The first kappa shape index (κ1) is 24.6. The van der Waals surface area contributed by atoms with Crippen molar-refractivity contribution in [2.45, 2.75) is 19.4 Å². The van der Waals surface area contributed by atoms with Crippen LogP contribution < -0.4 is 14.8 Å². The Labute approximate surface area is 198 Å². The number of hydrogen-bond donors (Lipinski definition) is 3. The van der Waals surface area contributed by atoms with Crippen LogP contribution in [0.15, 0.2) is 66.7 Å². The molecule has 7 heteroatoms. The zero-order valence-corrected chi connectivity index (χ0v) is 19.2. The lowest BCUT2D eigenvalue weighted by atomic mass is 10.0. The van der Waals surface area contributed by atoms with Crippen LogP contribution in [-0.4, -0.2) is 42.5 Å². The van der Waals surface area contributed by atoms with Crippen LogP contribution in [0.1, 0.15) is 35.4 Å². The topological polar surface area (TPSA) is 88.0 Å². The van der Waals surface area contributed by atoms with Gasteiger partial charge in [0.1, 0.15) is 23.7 Å². The fourth-order valence-corrected chi connectivity index (χ4v) is 3.46. The highest BCUT2D eigenvalue weighted by atomic mass is 35.5. The van der Waals surface area contributed by atoms with E-state index in [9.17, 15) is 15.0 Å². The summed E-state index contributed by atoms with van der Waals surface area (Å²) in [5, 5.41) is 23.3. The van der Waals surface area contributed by atoms with Crippen molar-refractivity contribution in [1.29, 1.82) is 0 Å². The Hall–Kier alpha value is -3.06. The number of benzene rings is 3. The number of carboxylic acid groups (broad SMARTS) is 1. The number of carboxylic acids is 1. The van der Waals surface area contributed by atoms with Gasteiger partial charge in [0.2, 0.25) is 0 Å². The third-order valence-electron chi connectivity index (χ3n) is 4.98. The Morgan fingerprint density at radius 2 is 1.76 bits per heavy atom. The molecule has 0 fully saturated rings. The minimum atomic E-state index is -1.01. The second-order valence-corrected chi connectivity index (χ2v) is 7.95. The molecule has 0 aliphatic heterocycles. The summed E-state index contributed by atoms with van der Waals surface area (Å²) in [4.78, 5) is 11.4. The first-order valence-corrected chi connectivity index (χ1v) is 11.2. The van der Waals surface area contributed by atoms with E-state index in [0.717, 1.165) is 28.9 Å². The van der Waals surface area contributed by atoms with Gasteiger partial charge in [0.25, 0.3) is 0 Å². The van der Waals surface area contributed by atoms with Gasteiger partial charge in [-0.25, -0.2) is 4.79 Å². The smallest absolute Gasteiger partial charge is 0.339 e. The molecule has 0 aliphatic carbocycles. The number of rotatable bonds is 12. The molecule has 6 nitrogen and oxygen atoms in total. The maximum absolute atomic E-state index is 11.4. The molecule has 1 atom stereocenters. The van der Waals surface area contributed by atoms with Crippen LogP contribution in [0.25, 0.3) is 11.1 Å². The lowest BCUT2D eigenvalue weighted by Gasteiger charge is -2.13. The van der Waals surface area contributed by atoms with E-state index in [1.165, 1.54) is 0 Å². The van der Waals surface area contributed by atoms with Crippen molar-refractivity contribution in [3.05, 3.63) is 82.9 Å². The lowest BCUT2D eigenvalue weighted by Crippen LogP contribution is -2.26. The first-order chi connectivity index (χ1) is 16.0. The van der Waals surface area contributed by atoms with Gasteiger partial charge in [-0.05, 0) is 59.5 Å². The Kier molecular flexibility index (Phi) is 9.13. The predicted octanol–water partition coefficient (Wildman–Crippen LogP) is 5.20. The number of nitrogens with one attached hydrogen (secondary N) is 1. The van der Waals surface area contributed by atoms with Crippen LogP contribution in [0.2, 0.25) is 5.02 Å². The minimum Gasteiger partial charge on any atom is -0.493 e. The second kappa shape index (κ2) is 12.3. The average Bonchev–Trinajstić information content (AvgIpc) is 2.82. The quantitative estimate of drug-likeness (QED) is 0.316. The summed E-state index contributed by atoms with van der Waals surface area (Å²) < 4.78 is 11.4. The number of hydrogen-bond acceptors (Lipinski definition) is 5. The minimum absolute atomic E-state index is 0.153. The fourth-order valence-electron chi connectivity index (χ4n) is 3.27. The summed E-state index contributed by atoms with van der Waals surface area (Å²) in [6, 6.07) is 19.8. The van der Waals surface area contributed by atoms with E-state index in [-0.39, 0.29) is 5.56 Å². The number of aliphatic hydroxyl groups excluding tert-OH is 1. The predicted molar refractivity (Wildman–Crippen MR) is 129 cm³/mol. The zero-order chi connectivity index (χ0) is 23.6. The zero-order valence-electron chi connectivity index (χ0n) is 18.5. The standard InChI is InChI=1S/C26H28ClNO5/c1-2-13-33-25-16-19(8-11-23(25)26(30)31)18-6-9-22(10-7-18)32-14-12-28-17-24(29)20-4-3-5-21(27)15-20/h3-11,15-16,24,28-29H,2,12-14,17H2,1H3,(H,30,31)/t24-/m0/s1. The van der Waals surface area contributed by atoms with Gasteiger partial charge in [-0.2, -0.15) is 0 Å². The van der Waals surface area contributed by atoms with Crippen LogP contribution in [0.3, 0.4) is 0 Å². The monoisotopic (exact) mass is 469 g/mol. The highest BCUT2D eigenvalue weighted by Crippen LogP contribution is 2.29. The molecule has 0 saturated heterocycles. The highest BCUT2D eigenvalue weighted by Gasteiger charge is 2.13. The van der Waals surface area contributed by atoms with Crippen molar-refractivity contribution in [2.24, 2.45) is 0 Å². The Balaban J connectivity index is 1.50. The van der Waals surface area contributed by atoms with Gasteiger partial charge in [0.05, 0.1) is 12.7 Å². The molecule has 0 aliphatic rings. The van der Waals surface area contributed by atoms with Crippen LogP contribution in [-0.2, 0) is 0 Å². The summed E-state index contributed by atoms with van der Waals surface area (Å²) in [5.41, 5.74) is 2.73. The van der Waals surface area contributed by atoms with Gasteiger partial charge < -0.3 is 25.0 Å². The molecule has 0 aromatic heterocycles. The largest absolute Gasteiger partial charge is 0.493 e. The van der Waals surface area contributed by atoms with E-state index >= 15 is 0 Å².